The van der Waals surface area contributed by atoms with Crippen LogP contribution < -0.4 is 4.74 Å². The number of halogens is 1. The minimum atomic E-state index is -0.873. The molecule has 1 heterocycles. The van der Waals surface area contributed by atoms with Crippen LogP contribution in [0.15, 0.2) is 30.5 Å². The third-order valence-corrected chi connectivity index (χ3v) is 2.60. The van der Waals surface area contributed by atoms with Crippen LogP contribution in [0, 0.1) is 5.82 Å². The van der Waals surface area contributed by atoms with E-state index in [9.17, 15) is 9.18 Å². The van der Waals surface area contributed by atoms with Crippen molar-refractivity contribution in [3.8, 4) is 5.75 Å². The van der Waals surface area contributed by atoms with Gasteiger partial charge in [-0.1, -0.05) is 17.3 Å². The van der Waals surface area contributed by atoms with Crippen molar-refractivity contribution >= 4 is 5.97 Å². The third kappa shape index (κ3) is 4.04. The molecule has 1 aromatic carbocycles. The highest BCUT2D eigenvalue weighted by Gasteiger charge is 2.05. The molecule has 6 nitrogen and oxygen atoms in total. The van der Waals surface area contributed by atoms with Gasteiger partial charge in [0.15, 0.2) is 11.6 Å². The average Bonchev–Trinajstić information content (AvgIpc) is 2.87. The number of para-hydroxylation sites is 1. The molecular weight excluding hydrogens is 265 g/mol. The Balaban J connectivity index is 1.80. The highest BCUT2D eigenvalue weighted by Crippen LogP contribution is 2.15. The molecule has 20 heavy (non-hydrogen) atoms. The Morgan fingerprint density at radius 2 is 2.20 bits per heavy atom. The summed E-state index contributed by atoms with van der Waals surface area (Å²) in [5, 5.41) is 16.3. The van der Waals surface area contributed by atoms with Crippen LogP contribution >= 0.6 is 0 Å². The van der Waals surface area contributed by atoms with Gasteiger partial charge in [0.2, 0.25) is 0 Å². The summed E-state index contributed by atoms with van der Waals surface area (Å²) in [4.78, 5) is 10.4. The number of ether oxygens (including phenoxy) is 1. The van der Waals surface area contributed by atoms with Gasteiger partial charge < -0.3 is 9.84 Å². The predicted molar refractivity (Wildman–Crippen MR) is 67.9 cm³/mol. The largest absolute Gasteiger partial charge is 0.489 e. The highest BCUT2D eigenvalue weighted by atomic mass is 19.1. The molecule has 2 aromatic rings. The molecule has 0 spiro atoms. The van der Waals surface area contributed by atoms with E-state index in [0.717, 1.165) is 0 Å². The topological polar surface area (TPSA) is 77.2 Å². The molecule has 0 aliphatic heterocycles. The molecule has 1 N–H and O–H groups in total. The van der Waals surface area contributed by atoms with Crippen LogP contribution in [0.25, 0.3) is 0 Å². The fourth-order valence-corrected chi connectivity index (χ4v) is 1.61. The number of benzene rings is 1. The second-order valence-corrected chi connectivity index (χ2v) is 4.15. The Kier molecular flexibility index (Phi) is 4.65. The van der Waals surface area contributed by atoms with Gasteiger partial charge in [0, 0.05) is 12.6 Å². The molecule has 0 radical (unpaired) electrons. The number of aromatic nitrogens is 3. The summed E-state index contributed by atoms with van der Waals surface area (Å²) in [7, 11) is 0. The number of hydrogen-bond donors (Lipinski definition) is 1. The summed E-state index contributed by atoms with van der Waals surface area (Å²) in [6.07, 6.45) is 2.02. The van der Waals surface area contributed by atoms with Gasteiger partial charge in [-0.05, 0) is 12.1 Å². The van der Waals surface area contributed by atoms with E-state index in [2.05, 4.69) is 10.3 Å². The van der Waals surface area contributed by atoms with Gasteiger partial charge in [-0.3, -0.25) is 4.79 Å². The summed E-state index contributed by atoms with van der Waals surface area (Å²) in [6.45, 7) is 0.664. The van der Waals surface area contributed by atoms with E-state index >= 15 is 0 Å². The maximum absolute atomic E-state index is 13.3. The summed E-state index contributed by atoms with van der Waals surface area (Å²) in [5.74, 6) is -1.09. The molecule has 106 valence electrons. The summed E-state index contributed by atoms with van der Waals surface area (Å²) < 4.78 is 20.1. The number of carbonyl (C=O) groups is 1. The minimum Gasteiger partial charge on any atom is -0.489 e. The van der Waals surface area contributed by atoms with Crippen LogP contribution in [0.5, 0.6) is 5.75 Å². The first-order valence-corrected chi connectivity index (χ1v) is 6.13. The molecule has 0 unspecified atom stereocenters. The monoisotopic (exact) mass is 279 g/mol. The average molecular weight is 279 g/mol. The highest BCUT2D eigenvalue weighted by molar-refractivity contribution is 5.66. The Labute approximate surface area is 114 Å². The number of rotatable bonds is 7. The molecule has 0 fully saturated rings. The lowest BCUT2D eigenvalue weighted by Gasteiger charge is -2.06. The molecule has 1 aromatic heterocycles. The van der Waals surface area contributed by atoms with Crippen molar-refractivity contribution in [2.45, 2.75) is 19.4 Å². The molecule has 7 heteroatoms. The van der Waals surface area contributed by atoms with E-state index in [4.69, 9.17) is 9.84 Å². The molecule has 2 rings (SSSR count). The second-order valence-electron chi connectivity index (χ2n) is 4.15. The van der Waals surface area contributed by atoms with E-state index in [1.807, 2.05) is 0 Å². The van der Waals surface area contributed by atoms with Gasteiger partial charge in [-0.2, -0.15) is 0 Å². The molecule has 0 atom stereocenters. The van der Waals surface area contributed by atoms with Gasteiger partial charge in [0.05, 0.1) is 18.7 Å². The van der Waals surface area contributed by atoms with E-state index in [1.165, 1.54) is 10.7 Å². The summed E-state index contributed by atoms with van der Waals surface area (Å²) in [6, 6.07) is 6.16. The fourth-order valence-electron chi connectivity index (χ4n) is 1.61. The Bertz CT molecular complexity index is 586. The van der Waals surface area contributed by atoms with Gasteiger partial charge in [-0.25, -0.2) is 9.07 Å². The van der Waals surface area contributed by atoms with Crippen molar-refractivity contribution in [2.75, 3.05) is 6.61 Å². The zero-order valence-electron chi connectivity index (χ0n) is 10.7. The van der Waals surface area contributed by atoms with Crippen LogP contribution in [0.1, 0.15) is 12.1 Å². The van der Waals surface area contributed by atoms with E-state index in [1.54, 1.807) is 24.4 Å². The zero-order valence-corrected chi connectivity index (χ0v) is 10.7. The number of carboxylic acids is 1. The van der Waals surface area contributed by atoms with Crippen molar-refractivity contribution in [3.05, 3.63) is 42.0 Å². The van der Waals surface area contributed by atoms with Crippen molar-refractivity contribution < 1.29 is 19.0 Å². The SMILES string of the molecule is O=C(O)CCc1cn(CCOc2ccccc2F)nn1. The van der Waals surface area contributed by atoms with Crippen LogP contribution in [0.2, 0.25) is 0 Å². The number of nitrogens with zero attached hydrogens (tertiary/aromatic N) is 3. The van der Waals surface area contributed by atoms with Crippen LogP contribution in [-0.4, -0.2) is 32.7 Å². The number of aryl methyl sites for hydroxylation is 1. The van der Waals surface area contributed by atoms with Crippen molar-refractivity contribution in [2.24, 2.45) is 0 Å². The third-order valence-electron chi connectivity index (χ3n) is 2.60. The maximum atomic E-state index is 13.3. The summed E-state index contributed by atoms with van der Waals surface area (Å²) in [5.41, 5.74) is 0.610. The molecular formula is C13H14FN3O3. The quantitative estimate of drug-likeness (QED) is 0.831. The summed E-state index contributed by atoms with van der Waals surface area (Å²) >= 11 is 0. The Morgan fingerprint density at radius 3 is 2.95 bits per heavy atom. The lowest BCUT2D eigenvalue weighted by atomic mass is 10.2. The molecule has 0 saturated heterocycles. The van der Waals surface area contributed by atoms with E-state index in [0.29, 0.717) is 18.7 Å². The van der Waals surface area contributed by atoms with Crippen LogP contribution in [-0.2, 0) is 17.8 Å². The Hall–Kier alpha value is -2.44. The van der Waals surface area contributed by atoms with Crippen molar-refractivity contribution in [3.63, 3.8) is 0 Å². The normalized spacial score (nSPS) is 10.4. The van der Waals surface area contributed by atoms with Gasteiger partial charge >= 0.3 is 5.97 Å². The van der Waals surface area contributed by atoms with Gasteiger partial charge in [0.1, 0.15) is 6.61 Å². The maximum Gasteiger partial charge on any atom is 0.303 e. The van der Waals surface area contributed by atoms with Crippen LogP contribution in [0.4, 0.5) is 4.39 Å². The fraction of sp³-hybridized carbons (Fsp3) is 0.308. The van der Waals surface area contributed by atoms with Gasteiger partial charge in [-0.15, -0.1) is 5.10 Å². The predicted octanol–water partition coefficient (Wildman–Crippen LogP) is 1.51. The smallest absolute Gasteiger partial charge is 0.303 e. The Morgan fingerprint density at radius 1 is 1.40 bits per heavy atom. The first-order chi connectivity index (χ1) is 9.65. The van der Waals surface area contributed by atoms with E-state index in [-0.39, 0.29) is 18.8 Å². The minimum absolute atomic E-state index is 0.0183. The number of carboxylic acid groups (broad SMARTS) is 1. The number of hydrogen-bond acceptors (Lipinski definition) is 4. The standard InChI is InChI=1S/C13H14FN3O3/c14-11-3-1-2-4-12(11)20-8-7-17-9-10(15-16-17)5-6-13(18)19/h1-4,9H,5-8H2,(H,18,19). The lowest BCUT2D eigenvalue weighted by Crippen LogP contribution is -2.09. The zero-order chi connectivity index (χ0) is 14.4. The van der Waals surface area contributed by atoms with Gasteiger partial charge in [0.25, 0.3) is 0 Å². The lowest BCUT2D eigenvalue weighted by molar-refractivity contribution is -0.136. The van der Waals surface area contributed by atoms with Crippen LogP contribution in [0.3, 0.4) is 0 Å². The second kappa shape index (κ2) is 6.65. The molecule has 0 amide bonds. The van der Waals surface area contributed by atoms with Crippen molar-refractivity contribution in [1.82, 2.24) is 15.0 Å². The molecule has 0 aliphatic carbocycles. The first-order valence-electron chi connectivity index (χ1n) is 6.13. The molecule has 0 aliphatic rings. The number of aliphatic carboxylic acids is 1. The molecule has 0 bridgehead atoms. The van der Waals surface area contributed by atoms with E-state index < -0.39 is 11.8 Å². The molecule has 0 saturated carbocycles. The van der Waals surface area contributed by atoms with Crippen molar-refractivity contribution in [1.29, 1.82) is 0 Å². The first kappa shape index (κ1) is 14.0.